The number of carbonyl (C=O) groups excluding carboxylic acids is 1. The van der Waals surface area contributed by atoms with Crippen LogP contribution in [-0.4, -0.2) is 30.3 Å². The van der Waals surface area contributed by atoms with Crippen molar-refractivity contribution in [2.75, 3.05) is 19.6 Å². The molecule has 4 aliphatic carbocycles. The van der Waals surface area contributed by atoms with Crippen LogP contribution >= 0.6 is 0 Å². The van der Waals surface area contributed by atoms with Crippen LogP contribution in [0.3, 0.4) is 0 Å². The average molecular weight is 368 g/mol. The number of carbonyl (C=O) groups is 1. The van der Waals surface area contributed by atoms with E-state index in [1.807, 2.05) is 0 Å². The third kappa shape index (κ3) is 2.73. The van der Waals surface area contributed by atoms with Crippen molar-refractivity contribution in [2.45, 2.75) is 71.6 Å². The molecule has 27 heavy (non-hydrogen) atoms. The number of nitrogens with zero attached hydrogens (tertiary/aromatic N) is 1. The minimum absolute atomic E-state index is 0.268. The molecule has 3 fully saturated rings. The maximum absolute atomic E-state index is 13.2. The Kier molecular flexibility index (Phi) is 4.42. The van der Waals surface area contributed by atoms with Gasteiger partial charge in [-0.3, -0.25) is 9.69 Å². The van der Waals surface area contributed by atoms with Crippen LogP contribution in [0.2, 0.25) is 0 Å². The lowest BCUT2D eigenvalue weighted by atomic mass is 9.48. The Morgan fingerprint density at radius 3 is 2.74 bits per heavy atom. The van der Waals surface area contributed by atoms with Gasteiger partial charge in [-0.15, -0.1) is 0 Å². The minimum Gasteiger partial charge on any atom is -0.298 e. The summed E-state index contributed by atoms with van der Waals surface area (Å²) in [4.78, 5) is 15.7. The van der Waals surface area contributed by atoms with Gasteiger partial charge in [0.05, 0.1) is 6.54 Å². The first-order valence-corrected chi connectivity index (χ1v) is 11.6. The molecule has 1 aliphatic heterocycles. The van der Waals surface area contributed by atoms with Gasteiger partial charge >= 0.3 is 0 Å². The minimum atomic E-state index is 0.268. The lowest BCUT2D eigenvalue weighted by Crippen LogP contribution is -2.50. The molecule has 6 atom stereocenters. The third-order valence-electron chi connectivity index (χ3n) is 9.62. The highest BCUT2D eigenvalue weighted by Crippen LogP contribution is 2.65. The van der Waals surface area contributed by atoms with Crippen molar-refractivity contribution in [3.05, 3.63) is 23.8 Å². The van der Waals surface area contributed by atoms with Crippen molar-refractivity contribution in [3.63, 3.8) is 0 Å². The molecule has 0 spiro atoms. The topological polar surface area (TPSA) is 20.3 Å². The van der Waals surface area contributed by atoms with E-state index in [1.54, 1.807) is 5.57 Å². The van der Waals surface area contributed by atoms with Gasteiger partial charge in [0.1, 0.15) is 5.78 Å². The lowest BCUT2D eigenvalue weighted by Gasteiger charge is -2.56. The van der Waals surface area contributed by atoms with Crippen LogP contribution in [0, 0.1) is 34.5 Å². The van der Waals surface area contributed by atoms with Gasteiger partial charge in [-0.25, -0.2) is 0 Å². The van der Waals surface area contributed by atoms with Crippen LogP contribution in [0.1, 0.15) is 71.6 Å². The van der Waals surface area contributed by atoms with Crippen molar-refractivity contribution in [1.29, 1.82) is 0 Å². The summed E-state index contributed by atoms with van der Waals surface area (Å²) in [7, 11) is 0. The molecule has 0 N–H and O–H groups in total. The summed E-state index contributed by atoms with van der Waals surface area (Å²) in [5.74, 6) is 3.32. The van der Waals surface area contributed by atoms with E-state index in [4.69, 9.17) is 0 Å². The van der Waals surface area contributed by atoms with Gasteiger partial charge < -0.3 is 0 Å². The van der Waals surface area contributed by atoms with Crippen LogP contribution in [-0.2, 0) is 4.79 Å². The normalized spacial score (nSPS) is 46.5. The lowest BCUT2D eigenvalue weighted by molar-refractivity contribution is -0.130. The molecule has 0 aromatic heterocycles. The molecule has 0 bridgehead atoms. The Morgan fingerprint density at radius 2 is 1.93 bits per heavy atom. The molecule has 5 rings (SSSR count). The van der Waals surface area contributed by atoms with E-state index in [0.717, 1.165) is 43.8 Å². The smallest absolute Gasteiger partial charge is 0.150 e. The Hall–Kier alpha value is -0.890. The molecule has 0 aromatic rings. The van der Waals surface area contributed by atoms with Gasteiger partial charge in [0.2, 0.25) is 0 Å². The van der Waals surface area contributed by atoms with E-state index in [-0.39, 0.29) is 5.41 Å². The zero-order chi connectivity index (χ0) is 18.6. The van der Waals surface area contributed by atoms with Gasteiger partial charge in [-0.2, -0.15) is 0 Å². The molecule has 1 heterocycles. The van der Waals surface area contributed by atoms with Crippen LogP contribution in [0.15, 0.2) is 23.8 Å². The van der Waals surface area contributed by atoms with Gasteiger partial charge in [0, 0.05) is 5.92 Å². The van der Waals surface area contributed by atoms with Gasteiger partial charge in [-0.05, 0) is 105 Å². The number of hydrogen-bond donors (Lipinski definition) is 0. The standard InChI is InChI=1S/C25H37NO/c1-24-13-4-3-7-18(24)8-9-19-20-10-11-22(25(20,2)14-12-21(19)24)23(27)17-26-15-5-6-16-26/h3,7-8,19-22H,4-6,9-17H2,1-2H3/t19-,20-,21-,22+,24-,25-/m0/s1. The molecule has 2 heteroatoms. The number of likely N-dealkylation sites (tertiary alicyclic amines) is 1. The highest BCUT2D eigenvalue weighted by molar-refractivity contribution is 5.84. The summed E-state index contributed by atoms with van der Waals surface area (Å²) in [5.41, 5.74) is 2.29. The van der Waals surface area contributed by atoms with Crippen molar-refractivity contribution in [2.24, 2.45) is 34.5 Å². The zero-order valence-corrected chi connectivity index (χ0v) is 17.4. The van der Waals surface area contributed by atoms with Crippen molar-refractivity contribution < 1.29 is 4.79 Å². The molecule has 0 unspecified atom stereocenters. The molecular weight excluding hydrogens is 330 g/mol. The van der Waals surface area contributed by atoms with E-state index in [2.05, 4.69) is 37.0 Å². The van der Waals surface area contributed by atoms with Crippen LogP contribution < -0.4 is 0 Å². The van der Waals surface area contributed by atoms with E-state index in [0.29, 0.717) is 17.1 Å². The second-order valence-corrected chi connectivity index (χ2v) is 10.8. The number of hydrogen-bond acceptors (Lipinski definition) is 2. The number of Topliss-reactive ketones (excluding diaryl/α,β-unsaturated/α-hetero) is 1. The van der Waals surface area contributed by atoms with Crippen molar-refractivity contribution >= 4 is 5.78 Å². The van der Waals surface area contributed by atoms with E-state index in [9.17, 15) is 4.79 Å². The summed E-state index contributed by atoms with van der Waals surface area (Å²) in [6.45, 7) is 8.06. The second-order valence-electron chi connectivity index (χ2n) is 10.8. The number of fused-ring (bicyclic) bond motifs is 5. The molecule has 2 nitrogen and oxygen atoms in total. The summed E-state index contributed by atoms with van der Waals surface area (Å²) in [6, 6.07) is 0. The monoisotopic (exact) mass is 367 g/mol. The van der Waals surface area contributed by atoms with Gasteiger partial charge in [0.15, 0.2) is 0 Å². The molecule has 5 aliphatic rings. The van der Waals surface area contributed by atoms with E-state index in [1.165, 1.54) is 51.4 Å². The first-order chi connectivity index (χ1) is 13.0. The predicted molar refractivity (Wildman–Crippen MR) is 110 cm³/mol. The summed E-state index contributed by atoms with van der Waals surface area (Å²) in [5, 5.41) is 0. The molecule has 2 saturated carbocycles. The van der Waals surface area contributed by atoms with E-state index < -0.39 is 0 Å². The fourth-order valence-corrected chi connectivity index (χ4v) is 8.10. The predicted octanol–water partition coefficient (Wildman–Crippen LogP) is 5.40. The molecule has 1 saturated heterocycles. The van der Waals surface area contributed by atoms with Crippen LogP contribution in [0.5, 0.6) is 0 Å². The first-order valence-electron chi connectivity index (χ1n) is 11.6. The Bertz CT molecular complexity index is 672. The highest BCUT2D eigenvalue weighted by Gasteiger charge is 2.59. The van der Waals surface area contributed by atoms with Gasteiger partial charge in [0.25, 0.3) is 0 Å². The number of allylic oxidation sites excluding steroid dienone is 4. The Morgan fingerprint density at radius 1 is 1.11 bits per heavy atom. The molecule has 0 aromatic carbocycles. The summed E-state index contributed by atoms with van der Waals surface area (Å²) < 4.78 is 0. The second kappa shape index (κ2) is 6.58. The largest absolute Gasteiger partial charge is 0.298 e. The molecule has 0 amide bonds. The maximum Gasteiger partial charge on any atom is 0.150 e. The summed E-state index contributed by atoms with van der Waals surface area (Å²) in [6.07, 6.45) is 18.8. The number of rotatable bonds is 3. The fourth-order valence-electron chi connectivity index (χ4n) is 8.10. The molecule has 148 valence electrons. The third-order valence-corrected chi connectivity index (χ3v) is 9.62. The number of ketones is 1. The van der Waals surface area contributed by atoms with E-state index >= 15 is 0 Å². The van der Waals surface area contributed by atoms with Crippen LogP contribution in [0.4, 0.5) is 0 Å². The first kappa shape index (κ1) is 18.2. The molecule has 0 radical (unpaired) electrons. The maximum atomic E-state index is 13.2. The highest BCUT2D eigenvalue weighted by atomic mass is 16.1. The fraction of sp³-hybridized carbons (Fsp3) is 0.800. The van der Waals surface area contributed by atoms with Crippen LogP contribution in [0.25, 0.3) is 0 Å². The quantitative estimate of drug-likeness (QED) is 0.666. The zero-order valence-electron chi connectivity index (χ0n) is 17.4. The summed E-state index contributed by atoms with van der Waals surface area (Å²) >= 11 is 0. The Balaban J connectivity index is 1.37. The van der Waals surface area contributed by atoms with Crippen molar-refractivity contribution in [3.8, 4) is 0 Å². The van der Waals surface area contributed by atoms with Gasteiger partial charge in [-0.1, -0.05) is 32.1 Å². The average Bonchev–Trinajstić information content (AvgIpc) is 3.28. The Labute approximate surface area is 165 Å². The SMILES string of the molecule is C[C@]12CC[C@H]3[C@@H](CC=C4C=CCC[C@@]43C)[C@@H]1CC[C@@H]2C(=O)CN1CCCC1. The van der Waals surface area contributed by atoms with Crippen molar-refractivity contribution in [1.82, 2.24) is 4.90 Å². The molecular formula is C25H37NO.